The maximum atomic E-state index is 14.0. The Kier molecular flexibility index (Phi) is 3.40. The quantitative estimate of drug-likeness (QED) is 0.796. The van der Waals surface area contributed by atoms with Gasteiger partial charge in [0.05, 0.1) is 11.0 Å². The third kappa shape index (κ3) is 2.29. The number of aryl methyl sites for hydroxylation is 1. The van der Waals surface area contributed by atoms with E-state index < -0.39 is 22.7 Å². The van der Waals surface area contributed by atoms with Crippen LogP contribution in [0.25, 0.3) is 0 Å². The van der Waals surface area contributed by atoms with E-state index in [0.717, 1.165) is 17.8 Å². The van der Waals surface area contributed by atoms with E-state index in [2.05, 4.69) is 15.5 Å². The van der Waals surface area contributed by atoms with Crippen molar-refractivity contribution >= 4 is 23.5 Å². The summed E-state index contributed by atoms with van der Waals surface area (Å²) in [5.74, 6) is -3.92. The first-order chi connectivity index (χ1) is 9.99. The van der Waals surface area contributed by atoms with Gasteiger partial charge in [0.25, 0.3) is 0 Å². The zero-order valence-corrected chi connectivity index (χ0v) is 11.7. The second kappa shape index (κ2) is 5.10. The fraction of sp³-hybridized carbons (Fsp3) is 0.231. The Labute approximate surface area is 122 Å². The van der Waals surface area contributed by atoms with Gasteiger partial charge in [-0.3, -0.25) is 9.89 Å². The molecular weight excluding hydrogens is 303 g/mol. The highest BCUT2D eigenvalue weighted by Gasteiger charge is 2.31. The molecule has 1 aliphatic heterocycles. The number of rotatable bonds is 1. The summed E-state index contributed by atoms with van der Waals surface area (Å²) >= 11 is 1.13. The van der Waals surface area contributed by atoms with Gasteiger partial charge < -0.3 is 5.32 Å². The van der Waals surface area contributed by atoms with Gasteiger partial charge in [0, 0.05) is 16.8 Å². The predicted octanol–water partition coefficient (Wildman–Crippen LogP) is 2.91. The molecule has 4 nitrogen and oxygen atoms in total. The number of amides is 1. The highest BCUT2D eigenvalue weighted by molar-refractivity contribution is 8.00. The molecule has 0 bridgehead atoms. The van der Waals surface area contributed by atoms with Crippen molar-refractivity contribution in [2.45, 2.75) is 12.2 Å². The molecule has 0 fully saturated rings. The monoisotopic (exact) mass is 313 g/mol. The molecule has 21 heavy (non-hydrogen) atoms. The number of thioether (sulfide) groups is 1. The van der Waals surface area contributed by atoms with Crippen LogP contribution in [0.3, 0.4) is 0 Å². The van der Waals surface area contributed by atoms with Crippen LogP contribution in [0.1, 0.15) is 22.1 Å². The van der Waals surface area contributed by atoms with Crippen molar-refractivity contribution in [2.24, 2.45) is 0 Å². The van der Waals surface area contributed by atoms with E-state index in [-0.39, 0.29) is 23.0 Å². The fourth-order valence-corrected chi connectivity index (χ4v) is 3.46. The number of benzene rings is 1. The molecule has 1 atom stereocenters. The molecule has 8 heteroatoms. The van der Waals surface area contributed by atoms with Gasteiger partial charge in [-0.1, -0.05) is 6.07 Å². The number of halogens is 3. The predicted molar refractivity (Wildman–Crippen MR) is 72.6 cm³/mol. The Hall–Kier alpha value is -1.96. The second-order valence-corrected chi connectivity index (χ2v) is 5.71. The van der Waals surface area contributed by atoms with Crippen molar-refractivity contribution in [1.29, 1.82) is 0 Å². The van der Waals surface area contributed by atoms with Gasteiger partial charge in [0.2, 0.25) is 5.91 Å². The average molecular weight is 313 g/mol. The lowest BCUT2D eigenvalue weighted by Gasteiger charge is -2.16. The number of fused-ring (bicyclic) bond motifs is 1. The number of carbonyl (C=O) groups excluding carboxylic acids is 1. The maximum absolute atomic E-state index is 14.0. The highest BCUT2D eigenvalue weighted by Crippen LogP contribution is 2.43. The molecule has 3 rings (SSSR count). The lowest BCUT2D eigenvalue weighted by atomic mass is 10.0. The van der Waals surface area contributed by atoms with Gasteiger partial charge in [-0.2, -0.15) is 5.10 Å². The van der Waals surface area contributed by atoms with E-state index in [1.807, 2.05) is 0 Å². The first kappa shape index (κ1) is 14.0. The Morgan fingerprint density at radius 2 is 2.05 bits per heavy atom. The normalized spacial score (nSPS) is 18.1. The number of nitrogens with one attached hydrogen (secondary N) is 2. The molecule has 110 valence electrons. The molecule has 0 aliphatic carbocycles. The van der Waals surface area contributed by atoms with Crippen LogP contribution in [0.4, 0.5) is 19.0 Å². The molecule has 2 aromatic rings. The number of nitrogens with zero attached hydrogens (tertiary/aromatic N) is 1. The molecular formula is C13H10F3N3OS. The Balaban J connectivity index is 2.16. The third-order valence-electron chi connectivity index (χ3n) is 3.24. The zero-order chi connectivity index (χ0) is 15.1. The van der Waals surface area contributed by atoms with Crippen LogP contribution in [-0.4, -0.2) is 21.9 Å². The first-order valence-corrected chi connectivity index (χ1v) is 7.13. The van der Waals surface area contributed by atoms with E-state index in [1.165, 1.54) is 6.07 Å². The number of carbonyl (C=O) groups is 1. The van der Waals surface area contributed by atoms with Crippen LogP contribution in [0.15, 0.2) is 12.1 Å². The topological polar surface area (TPSA) is 57.8 Å². The SMILES string of the molecule is Cc1[nH]nc2c1[C@@H](c1ccc(F)c(F)c1F)SCC(=O)N2. The summed E-state index contributed by atoms with van der Waals surface area (Å²) in [6, 6.07) is 2.07. The van der Waals surface area contributed by atoms with Crippen LogP contribution in [0.5, 0.6) is 0 Å². The number of anilines is 1. The Bertz CT molecular complexity index is 732. The fourth-order valence-electron chi connectivity index (χ4n) is 2.25. The van der Waals surface area contributed by atoms with Gasteiger partial charge in [0.15, 0.2) is 23.3 Å². The molecule has 1 aromatic carbocycles. The minimum atomic E-state index is -1.51. The smallest absolute Gasteiger partial charge is 0.235 e. The van der Waals surface area contributed by atoms with Crippen LogP contribution in [-0.2, 0) is 4.79 Å². The highest BCUT2D eigenvalue weighted by atomic mass is 32.2. The van der Waals surface area contributed by atoms with Gasteiger partial charge in [-0.05, 0) is 13.0 Å². The van der Waals surface area contributed by atoms with Crippen LogP contribution in [0, 0.1) is 24.4 Å². The number of aromatic amines is 1. The van der Waals surface area contributed by atoms with Gasteiger partial charge >= 0.3 is 0 Å². The van der Waals surface area contributed by atoms with E-state index in [0.29, 0.717) is 11.3 Å². The van der Waals surface area contributed by atoms with E-state index >= 15 is 0 Å². The Morgan fingerprint density at radius 1 is 1.29 bits per heavy atom. The molecule has 0 saturated carbocycles. The average Bonchev–Trinajstić information content (AvgIpc) is 2.70. The molecule has 0 spiro atoms. The third-order valence-corrected chi connectivity index (χ3v) is 4.49. The molecule has 2 heterocycles. The molecule has 2 N–H and O–H groups in total. The van der Waals surface area contributed by atoms with Crippen molar-refractivity contribution < 1.29 is 18.0 Å². The summed E-state index contributed by atoms with van der Waals surface area (Å²) in [7, 11) is 0. The van der Waals surface area contributed by atoms with Gasteiger partial charge in [-0.25, -0.2) is 13.2 Å². The van der Waals surface area contributed by atoms with E-state index in [9.17, 15) is 18.0 Å². The van der Waals surface area contributed by atoms with E-state index in [1.54, 1.807) is 6.92 Å². The number of aromatic nitrogens is 2. The first-order valence-electron chi connectivity index (χ1n) is 6.08. The summed E-state index contributed by atoms with van der Waals surface area (Å²) in [5, 5.41) is 8.61. The Morgan fingerprint density at radius 3 is 2.81 bits per heavy atom. The molecule has 0 saturated heterocycles. The molecule has 0 radical (unpaired) electrons. The van der Waals surface area contributed by atoms with Crippen molar-refractivity contribution in [3.63, 3.8) is 0 Å². The minimum Gasteiger partial charge on any atom is -0.308 e. The minimum absolute atomic E-state index is 0.0128. The lowest BCUT2D eigenvalue weighted by molar-refractivity contribution is -0.113. The summed E-state index contributed by atoms with van der Waals surface area (Å²) in [6.45, 7) is 1.72. The molecule has 1 amide bonds. The number of H-pyrrole nitrogens is 1. The summed E-state index contributed by atoms with van der Waals surface area (Å²) in [5.41, 5.74) is 1.19. The van der Waals surface area contributed by atoms with Crippen molar-refractivity contribution in [3.8, 4) is 0 Å². The summed E-state index contributed by atoms with van der Waals surface area (Å²) in [6.07, 6.45) is 0. The number of hydrogen-bond donors (Lipinski definition) is 2. The maximum Gasteiger partial charge on any atom is 0.235 e. The zero-order valence-electron chi connectivity index (χ0n) is 10.8. The van der Waals surface area contributed by atoms with Crippen LogP contribution in [0.2, 0.25) is 0 Å². The summed E-state index contributed by atoms with van der Waals surface area (Å²) in [4.78, 5) is 11.6. The lowest BCUT2D eigenvalue weighted by Crippen LogP contribution is -2.12. The van der Waals surface area contributed by atoms with Crippen molar-refractivity contribution in [3.05, 3.63) is 46.4 Å². The van der Waals surface area contributed by atoms with Gasteiger partial charge in [0.1, 0.15) is 0 Å². The molecule has 1 aliphatic rings. The van der Waals surface area contributed by atoms with Crippen molar-refractivity contribution in [2.75, 3.05) is 11.1 Å². The standard InChI is InChI=1S/C13H10F3N3OS/c1-5-9-12(6-2-3-7(14)11(16)10(6)15)21-4-8(20)17-13(9)19-18-5/h2-3,12H,4H2,1H3,(H2,17,18,19,20)/t12-/m1/s1. The van der Waals surface area contributed by atoms with Crippen LogP contribution < -0.4 is 5.32 Å². The van der Waals surface area contributed by atoms with Crippen LogP contribution >= 0.6 is 11.8 Å². The van der Waals surface area contributed by atoms with E-state index in [4.69, 9.17) is 0 Å². The van der Waals surface area contributed by atoms with Crippen molar-refractivity contribution in [1.82, 2.24) is 10.2 Å². The number of hydrogen-bond acceptors (Lipinski definition) is 3. The van der Waals surface area contributed by atoms with Gasteiger partial charge in [-0.15, -0.1) is 11.8 Å². The summed E-state index contributed by atoms with van der Waals surface area (Å²) < 4.78 is 40.6. The largest absolute Gasteiger partial charge is 0.308 e. The second-order valence-electron chi connectivity index (χ2n) is 4.61. The molecule has 0 unspecified atom stereocenters. The molecule has 1 aromatic heterocycles.